The van der Waals surface area contributed by atoms with Crippen LogP contribution < -0.4 is 0 Å². The van der Waals surface area contributed by atoms with Gasteiger partial charge in [-0.1, -0.05) is 77.9 Å². The van der Waals surface area contributed by atoms with Crippen LogP contribution in [0.15, 0.2) is 12.2 Å². The van der Waals surface area contributed by atoms with Gasteiger partial charge in [-0.05, 0) is 39.0 Å². The molecule has 0 aliphatic carbocycles. The highest BCUT2D eigenvalue weighted by atomic mass is 31.1. The van der Waals surface area contributed by atoms with Crippen LogP contribution in [0, 0.1) is 0 Å². The first-order chi connectivity index (χ1) is 16.8. The standard InChI is InChI=1S/C27H52O7P/c1-8-13-18-30-26(31-19-14-9-2,32-20-15-10-3)23-27(33-21-16-11-4,34-22-17-12-5)35(29)25(28)24(6)7/h6,8-23H2,1-5,7H3/q+1. The lowest BCUT2D eigenvalue weighted by atomic mass is 10.3. The molecule has 0 aromatic rings. The Labute approximate surface area is 215 Å². The van der Waals surface area contributed by atoms with E-state index < -0.39 is 24.8 Å². The number of hydrogen-bond donors (Lipinski definition) is 0. The third-order valence-corrected chi connectivity index (χ3v) is 7.20. The van der Waals surface area contributed by atoms with Crippen LogP contribution in [0.4, 0.5) is 0 Å². The van der Waals surface area contributed by atoms with Gasteiger partial charge in [-0.25, -0.2) is 4.79 Å². The molecule has 0 heterocycles. The van der Waals surface area contributed by atoms with Crippen LogP contribution in [0.1, 0.15) is 112 Å². The minimum atomic E-state index is -2.66. The topological polar surface area (TPSA) is 80.3 Å². The SMILES string of the molecule is C=C(C)C(=O)[P+](=O)C(CC(OCCCC)(OCCCC)OCCCC)(OCCCC)OCCCC. The van der Waals surface area contributed by atoms with Gasteiger partial charge in [0.15, 0.2) is 0 Å². The number of carbonyl (C=O) groups excluding carboxylic acids is 1. The van der Waals surface area contributed by atoms with Gasteiger partial charge in [0.1, 0.15) is 6.42 Å². The molecular formula is C27H52O7P+. The van der Waals surface area contributed by atoms with Gasteiger partial charge in [0, 0.05) is 5.57 Å². The summed E-state index contributed by atoms with van der Waals surface area (Å²) in [5.41, 5.74) is -2.11. The maximum atomic E-state index is 13.8. The largest absolute Gasteiger partial charge is 0.486 e. The maximum absolute atomic E-state index is 13.8. The first kappa shape index (κ1) is 34.3. The lowest BCUT2D eigenvalue weighted by molar-refractivity contribution is -0.404. The molecule has 0 radical (unpaired) electrons. The monoisotopic (exact) mass is 519 g/mol. The van der Waals surface area contributed by atoms with Crippen molar-refractivity contribution in [2.24, 2.45) is 0 Å². The van der Waals surface area contributed by atoms with E-state index in [4.69, 9.17) is 23.7 Å². The van der Waals surface area contributed by atoms with Gasteiger partial charge < -0.3 is 23.7 Å². The van der Waals surface area contributed by atoms with Gasteiger partial charge in [-0.15, -0.1) is 0 Å². The quantitative estimate of drug-likeness (QED) is 0.0529. The molecule has 0 amide bonds. The zero-order chi connectivity index (χ0) is 26.6. The molecule has 0 saturated heterocycles. The van der Waals surface area contributed by atoms with Crippen LogP contribution in [-0.4, -0.2) is 50.1 Å². The summed E-state index contributed by atoms with van der Waals surface area (Å²) >= 11 is 0. The minimum absolute atomic E-state index is 0.126. The van der Waals surface area contributed by atoms with Crippen molar-refractivity contribution in [3.8, 4) is 0 Å². The molecule has 1 atom stereocenters. The fourth-order valence-corrected chi connectivity index (χ4v) is 4.49. The van der Waals surface area contributed by atoms with E-state index in [-0.39, 0.29) is 12.0 Å². The molecule has 35 heavy (non-hydrogen) atoms. The Morgan fingerprint density at radius 1 is 0.657 bits per heavy atom. The Morgan fingerprint density at radius 3 is 1.26 bits per heavy atom. The number of carbonyl (C=O) groups is 1. The molecule has 0 spiro atoms. The van der Waals surface area contributed by atoms with Crippen molar-refractivity contribution in [3.63, 3.8) is 0 Å². The van der Waals surface area contributed by atoms with Gasteiger partial charge in [-0.2, -0.15) is 0 Å². The highest BCUT2D eigenvalue weighted by molar-refractivity contribution is 7.65. The number of ether oxygens (including phenoxy) is 5. The van der Waals surface area contributed by atoms with Gasteiger partial charge in [0.25, 0.3) is 5.97 Å². The zero-order valence-electron chi connectivity index (χ0n) is 23.3. The molecule has 0 aliphatic heterocycles. The maximum Gasteiger partial charge on any atom is 0.486 e. The van der Waals surface area contributed by atoms with Crippen molar-refractivity contribution in [2.45, 2.75) is 124 Å². The molecule has 206 valence electrons. The molecular weight excluding hydrogens is 467 g/mol. The number of unbranched alkanes of at least 4 members (excludes halogenated alkanes) is 5. The fourth-order valence-electron chi connectivity index (χ4n) is 3.08. The van der Waals surface area contributed by atoms with Crippen molar-refractivity contribution in [1.29, 1.82) is 0 Å². The average molecular weight is 520 g/mol. The molecule has 0 N–H and O–H groups in total. The van der Waals surface area contributed by atoms with Crippen LogP contribution in [0.3, 0.4) is 0 Å². The molecule has 7 nitrogen and oxygen atoms in total. The summed E-state index contributed by atoms with van der Waals surface area (Å²) in [6.07, 6.45) is 8.37. The Bertz CT molecular complexity index is 558. The lowest BCUT2D eigenvalue weighted by Crippen LogP contribution is -2.49. The molecule has 8 heteroatoms. The second-order valence-corrected chi connectivity index (χ2v) is 10.6. The van der Waals surface area contributed by atoms with Gasteiger partial charge in [0.2, 0.25) is 0 Å². The van der Waals surface area contributed by atoms with Crippen LogP contribution in [0.2, 0.25) is 0 Å². The van der Waals surface area contributed by atoms with Crippen molar-refractivity contribution < 1.29 is 33.0 Å². The summed E-state index contributed by atoms with van der Waals surface area (Å²) in [5.74, 6) is -1.53. The van der Waals surface area contributed by atoms with Gasteiger partial charge in [0.05, 0.1) is 33.0 Å². The van der Waals surface area contributed by atoms with Crippen molar-refractivity contribution in [3.05, 3.63) is 12.2 Å². The van der Waals surface area contributed by atoms with Crippen LogP contribution in [0.25, 0.3) is 0 Å². The lowest BCUT2D eigenvalue weighted by Gasteiger charge is -2.37. The molecule has 0 saturated carbocycles. The summed E-state index contributed by atoms with van der Waals surface area (Å²) < 4.78 is 45.0. The molecule has 0 rings (SSSR count). The highest BCUT2D eigenvalue weighted by Crippen LogP contribution is 2.50. The summed E-state index contributed by atoms with van der Waals surface area (Å²) in [7, 11) is -2.66. The van der Waals surface area contributed by atoms with E-state index in [1.165, 1.54) is 0 Å². The van der Waals surface area contributed by atoms with E-state index in [1.807, 2.05) is 13.8 Å². The van der Waals surface area contributed by atoms with E-state index in [0.29, 0.717) is 33.0 Å². The van der Waals surface area contributed by atoms with E-state index in [9.17, 15) is 9.36 Å². The summed E-state index contributed by atoms with van der Waals surface area (Å²) in [6.45, 7) is 17.4. The van der Waals surface area contributed by atoms with E-state index in [1.54, 1.807) is 6.92 Å². The zero-order valence-corrected chi connectivity index (χ0v) is 24.2. The van der Waals surface area contributed by atoms with E-state index in [2.05, 4.69) is 27.4 Å². The molecule has 0 fully saturated rings. The van der Waals surface area contributed by atoms with Crippen LogP contribution >= 0.6 is 7.80 Å². The summed E-state index contributed by atoms with van der Waals surface area (Å²) in [5, 5.41) is 0. The fraction of sp³-hybridized carbons (Fsp3) is 0.889. The third kappa shape index (κ3) is 13.4. The molecule has 0 aromatic carbocycles. The molecule has 0 bridgehead atoms. The van der Waals surface area contributed by atoms with Gasteiger partial charge >= 0.3 is 18.9 Å². The Morgan fingerprint density at radius 2 is 0.971 bits per heavy atom. The van der Waals surface area contributed by atoms with Crippen molar-refractivity contribution in [2.75, 3.05) is 33.0 Å². The molecule has 0 aliphatic rings. The van der Waals surface area contributed by atoms with E-state index in [0.717, 1.165) is 64.2 Å². The number of rotatable bonds is 25. The minimum Gasteiger partial charge on any atom is -0.327 e. The highest BCUT2D eigenvalue weighted by Gasteiger charge is 2.63. The Balaban J connectivity index is 6.46. The second-order valence-electron chi connectivity index (χ2n) is 8.96. The van der Waals surface area contributed by atoms with Crippen molar-refractivity contribution in [1.82, 2.24) is 0 Å². The van der Waals surface area contributed by atoms with Crippen LogP contribution in [0.5, 0.6) is 0 Å². The first-order valence-corrected chi connectivity index (χ1v) is 14.9. The molecule has 0 aromatic heterocycles. The summed E-state index contributed by atoms with van der Waals surface area (Å²) in [6, 6.07) is 0. The smallest absolute Gasteiger partial charge is 0.327 e. The predicted molar refractivity (Wildman–Crippen MR) is 142 cm³/mol. The number of hydrogen-bond acceptors (Lipinski definition) is 7. The Kier molecular flexibility index (Phi) is 20.0. The van der Waals surface area contributed by atoms with E-state index >= 15 is 0 Å². The normalized spacial score (nSPS) is 12.7. The van der Waals surface area contributed by atoms with Gasteiger partial charge in [-0.3, -0.25) is 0 Å². The predicted octanol–water partition coefficient (Wildman–Crippen LogP) is 7.70. The Hall–Kier alpha value is -0.690. The number of allylic oxidation sites excluding steroid dienone is 1. The second kappa shape index (κ2) is 20.4. The average Bonchev–Trinajstić information content (AvgIpc) is 2.83. The van der Waals surface area contributed by atoms with Crippen LogP contribution in [-0.2, 0) is 33.0 Å². The first-order valence-electron chi connectivity index (χ1n) is 13.6. The summed E-state index contributed by atoms with van der Waals surface area (Å²) in [4.78, 5) is 13.0. The molecule has 1 unspecified atom stereocenters. The third-order valence-electron chi connectivity index (χ3n) is 5.41. The van der Waals surface area contributed by atoms with Crippen molar-refractivity contribution >= 4 is 13.3 Å².